The van der Waals surface area contributed by atoms with E-state index >= 15 is 0 Å². The summed E-state index contributed by atoms with van der Waals surface area (Å²) in [6.07, 6.45) is -4.97. The third-order valence-corrected chi connectivity index (χ3v) is 4.93. The highest BCUT2D eigenvalue weighted by molar-refractivity contribution is 7.09. The fourth-order valence-electron chi connectivity index (χ4n) is 2.86. The SMILES string of the molecule is Cc1c(C(=O)C(F)(F)F)c2ccccc2n1CC(=O)NCc1cccs1. The number of rotatable bonds is 5. The van der Waals surface area contributed by atoms with Crippen LogP contribution in [0.2, 0.25) is 0 Å². The van der Waals surface area contributed by atoms with Crippen LogP contribution in [-0.4, -0.2) is 22.4 Å². The van der Waals surface area contributed by atoms with Crippen LogP contribution in [0.5, 0.6) is 0 Å². The number of aromatic nitrogens is 1. The number of carbonyl (C=O) groups excluding carboxylic acids is 2. The maximum absolute atomic E-state index is 13.0. The third-order valence-electron chi connectivity index (χ3n) is 4.06. The number of halogens is 3. The van der Waals surface area contributed by atoms with E-state index < -0.39 is 17.5 Å². The molecule has 26 heavy (non-hydrogen) atoms. The highest BCUT2D eigenvalue weighted by atomic mass is 32.1. The summed E-state index contributed by atoms with van der Waals surface area (Å²) in [7, 11) is 0. The number of nitrogens with zero attached hydrogens (tertiary/aromatic N) is 1. The summed E-state index contributed by atoms with van der Waals surface area (Å²) in [5, 5.41) is 4.82. The molecule has 1 amide bonds. The molecule has 0 saturated carbocycles. The molecule has 8 heteroatoms. The molecule has 0 aliphatic rings. The molecule has 0 aliphatic heterocycles. The largest absolute Gasteiger partial charge is 0.454 e. The van der Waals surface area contributed by atoms with Gasteiger partial charge in [-0.25, -0.2) is 0 Å². The van der Waals surface area contributed by atoms with Crippen LogP contribution in [0.4, 0.5) is 13.2 Å². The van der Waals surface area contributed by atoms with E-state index in [1.54, 1.807) is 18.2 Å². The number of hydrogen-bond acceptors (Lipinski definition) is 3. The van der Waals surface area contributed by atoms with Crippen molar-refractivity contribution in [3.8, 4) is 0 Å². The molecule has 0 fully saturated rings. The van der Waals surface area contributed by atoms with Crippen molar-refractivity contribution >= 4 is 33.9 Å². The average molecular weight is 380 g/mol. The zero-order chi connectivity index (χ0) is 18.9. The summed E-state index contributed by atoms with van der Waals surface area (Å²) in [6.45, 7) is 1.61. The third kappa shape index (κ3) is 3.50. The smallest absolute Gasteiger partial charge is 0.350 e. The van der Waals surface area contributed by atoms with Crippen LogP contribution in [-0.2, 0) is 17.9 Å². The van der Waals surface area contributed by atoms with E-state index in [2.05, 4.69) is 5.32 Å². The van der Waals surface area contributed by atoms with Gasteiger partial charge in [0.1, 0.15) is 6.54 Å². The Morgan fingerprint density at radius 3 is 2.54 bits per heavy atom. The van der Waals surface area contributed by atoms with Gasteiger partial charge in [0, 0.05) is 21.5 Å². The van der Waals surface area contributed by atoms with Crippen LogP contribution in [0.1, 0.15) is 20.9 Å². The molecule has 1 aromatic carbocycles. The second-order valence-electron chi connectivity index (χ2n) is 5.75. The van der Waals surface area contributed by atoms with Crippen LogP contribution in [0.3, 0.4) is 0 Å². The lowest BCUT2D eigenvalue weighted by Crippen LogP contribution is -2.27. The van der Waals surface area contributed by atoms with Crippen molar-refractivity contribution < 1.29 is 22.8 Å². The Morgan fingerprint density at radius 1 is 1.15 bits per heavy atom. The fraction of sp³-hybridized carbons (Fsp3) is 0.222. The Morgan fingerprint density at radius 2 is 1.88 bits per heavy atom. The number of Topliss-reactive ketones (excluding diaryl/α,β-unsaturated/α-hetero) is 1. The maximum Gasteiger partial charge on any atom is 0.454 e. The zero-order valence-corrected chi connectivity index (χ0v) is 14.6. The van der Waals surface area contributed by atoms with Gasteiger partial charge in [-0.1, -0.05) is 24.3 Å². The number of para-hydroxylation sites is 1. The molecule has 0 radical (unpaired) electrons. The maximum atomic E-state index is 13.0. The summed E-state index contributed by atoms with van der Waals surface area (Å²) in [6, 6.07) is 10.0. The van der Waals surface area contributed by atoms with Gasteiger partial charge in [-0.3, -0.25) is 9.59 Å². The standard InChI is InChI=1S/C18H15F3N2O2S/c1-11-16(17(25)18(19,20)21)13-6-2-3-7-14(13)23(11)10-15(24)22-9-12-5-4-8-26-12/h2-8H,9-10H2,1H3,(H,22,24). The van der Waals surface area contributed by atoms with Crippen molar-refractivity contribution in [1.82, 2.24) is 9.88 Å². The summed E-state index contributed by atoms with van der Waals surface area (Å²) in [5.41, 5.74) is 0.142. The molecule has 4 nitrogen and oxygen atoms in total. The van der Waals surface area contributed by atoms with E-state index in [-0.39, 0.29) is 23.5 Å². The predicted octanol–water partition coefficient (Wildman–Crippen LogP) is 4.07. The lowest BCUT2D eigenvalue weighted by Gasteiger charge is -2.10. The number of fused-ring (bicyclic) bond motifs is 1. The van der Waals surface area contributed by atoms with Crippen LogP contribution < -0.4 is 5.32 Å². The van der Waals surface area contributed by atoms with Crippen LogP contribution in [0.25, 0.3) is 10.9 Å². The van der Waals surface area contributed by atoms with Gasteiger partial charge in [0.05, 0.1) is 12.1 Å². The van der Waals surface area contributed by atoms with E-state index in [1.165, 1.54) is 28.9 Å². The average Bonchev–Trinajstić information content (AvgIpc) is 3.19. The molecule has 0 unspecified atom stereocenters. The summed E-state index contributed by atoms with van der Waals surface area (Å²) >= 11 is 1.50. The zero-order valence-electron chi connectivity index (χ0n) is 13.8. The van der Waals surface area contributed by atoms with Gasteiger partial charge in [-0.2, -0.15) is 13.2 Å². The Hall–Kier alpha value is -2.61. The van der Waals surface area contributed by atoms with Crippen molar-refractivity contribution in [1.29, 1.82) is 0 Å². The van der Waals surface area contributed by atoms with Crippen molar-refractivity contribution in [2.45, 2.75) is 26.2 Å². The van der Waals surface area contributed by atoms with Gasteiger partial charge in [0.2, 0.25) is 5.91 Å². The highest BCUT2D eigenvalue weighted by Gasteiger charge is 2.42. The summed E-state index contributed by atoms with van der Waals surface area (Å²) in [4.78, 5) is 25.1. The topological polar surface area (TPSA) is 51.1 Å². The molecule has 1 N–H and O–H groups in total. The van der Waals surface area contributed by atoms with Gasteiger partial charge in [-0.15, -0.1) is 11.3 Å². The van der Waals surface area contributed by atoms with E-state index in [0.29, 0.717) is 12.1 Å². The number of nitrogens with one attached hydrogen (secondary N) is 1. The second kappa shape index (κ2) is 6.95. The van der Waals surface area contributed by atoms with Gasteiger partial charge in [-0.05, 0) is 24.4 Å². The van der Waals surface area contributed by atoms with Crippen LogP contribution in [0, 0.1) is 6.92 Å². The molecule has 2 aromatic heterocycles. The van der Waals surface area contributed by atoms with Crippen LogP contribution in [0.15, 0.2) is 41.8 Å². The van der Waals surface area contributed by atoms with E-state index in [0.717, 1.165) is 4.88 Å². The molecule has 3 aromatic rings. The van der Waals surface area contributed by atoms with Crippen molar-refractivity contribution in [2.75, 3.05) is 0 Å². The number of benzene rings is 1. The minimum atomic E-state index is -4.97. The molecule has 0 saturated heterocycles. The molecule has 2 heterocycles. The molecule has 0 spiro atoms. The lowest BCUT2D eigenvalue weighted by molar-refractivity contribution is -0.121. The van der Waals surface area contributed by atoms with Crippen molar-refractivity contribution in [3.05, 3.63) is 57.9 Å². The number of alkyl halides is 3. The van der Waals surface area contributed by atoms with E-state index in [4.69, 9.17) is 0 Å². The fourth-order valence-corrected chi connectivity index (χ4v) is 3.51. The first-order chi connectivity index (χ1) is 12.3. The van der Waals surface area contributed by atoms with E-state index in [1.807, 2.05) is 17.5 Å². The van der Waals surface area contributed by atoms with Gasteiger partial charge in [0.15, 0.2) is 0 Å². The minimum absolute atomic E-state index is 0.125. The first kappa shape index (κ1) is 18.2. The summed E-state index contributed by atoms with van der Waals surface area (Å²) < 4.78 is 40.3. The Labute approximate surface area is 151 Å². The Bertz CT molecular complexity index is 959. The molecule has 0 aliphatic carbocycles. The Balaban J connectivity index is 1.92. The van der Waals surface area contributed by atoms with Gasteiger partial charge >= 0.3 is 6.18 Å². The molecule has 0 atom stereocenters. The first-order valence-corrected chi connectivity index (χ1v) is 8.65. The van der Waals surface area contributed by atoms with Crippen molar-refractivity contribution in [2.24, 2.45) is 0 Å². The minimum Gasteiger partial charge on any atom is -0.350 e. The molecule has 0 bridgehead atoms. The predicted molar refractivity (Wildman–Crippen MR) is 93.2 cm³/mol. The summed E-state index contributed by atoms with van der Waals surface area (Å²) in [5.74, 6) is -2.24. The number of ketones is 1. The van der Waals surface area contributed by atoms with Gasteiger partial charge < -0.3 is 9.88 Å². The van der Waals surface area contributed by atoms with Crippen molar-refractivity contribution in [3.63, 3.8) is 0 Å². The lowest BCUT2D eigenvalue weighted by atomic mass is 10.1. The number of amides is 1. The second-order valence-corrected chi connectivity index (χ2v) is 6.78. The Kier molecular flexibility index (Phi) is 4.86. The quantitative estimate of drug-likeness (QED) is 0.679. The van der Waals surface area contributed by atoms with Gasteiger partial charge in [0.25, 0.3) is 5.78 Å². The normalized spacial score (nSPS) is 11.7. The number of hydrogen-bond donors (Lipinski definition) is 1. The molecular weight excluding hydrogens is 365 g/mol. The number of carbonyl (C=O) groups is 2. The first-order valence-electron chi connectivity index (χ1n) is 7.77. The monoisotopic (exact) mass is 380 g/mol. The van der Waals surface area contributed by atoms with Crippen LogP contribution >= 0.6 is 11.3 Å². The number of thiophene rings is 1. The molecule has 136 valence electrons. The van der Waals surface area contributed by atoms with E-state index in [9.17, 15) is 22.8 Å². The molecule has 3 rings (SSSR count). The highest BCUT2D eigenvalue weighted by Crippen LogP contribution is 2.31. The molecular formula is C18H15F3N2O2S.